The number of hydrogen-bond donors (Lipinski definition) is 1. The summed E-state index contributed by atoms with van der Waals surface area (Å²) >= 11 is 0. The van der Waals surface area contributed by atoms with Gasteiger partial charge < -0.3 is 5.11 Å². The minimum Gasteiger partial charge on any atom is -0.505 e. The van der Waals surface area contributed by atoms with E-state index in [9.17, 15) is 5.11 Å². The van der Waals surface area contributed by atoms with Gasteiger partial charge >= 0.3 is 0 Å². The molecule has 1 aromatic heterocycles. The number of hydrogen-bond acceptors (Lipinski definition) is 2. The zero-order chi connectivity index (χ0) is 15.3. The van der Waals surface area contributed by atoms with Gasteiger partial charge in [0.1, 0.15) is 12.8 Å². The van der Waals surface area contributed by atoms with Gasteiger partial charge in [-0.25, -0.2) is 4.58 Å². The maximum absolute atomic E-state index is 10.3. The van der Waals surface area contributed by atoms with Gasteiger partial charge in [0.15, 0.2) is 12.8 Å². The predicted octanol–water partition coefficient (Wildman–Crippen LogP) is 3.49. The fraction of sp³-hybridized carbons (Fsp3) is 0.158. The maximum Gasteiger partial charge on any atom is 0.175 e. The molecule has 0 spiro atoms. The molecular formula is C19H17N2O+. The normalized spacial score (nSPS) is 13.3. The standard InChI is InChI=1S/C19H16N2O/c1-12-18-16(17(22)9-20-12)11-21(2)10-14-8-7-13-5-3-4-6-15(13)19(14)18/h3-9,11H,10H2,1-2H3/p+1. The zero-order valence-corrected chi connectivity index (χ0v) is 12.7. The van der Waals surface area contributed by atoms with E-state index in [1.54, 1.807) is 0 Å². The molecule has 0 aliphatic carbocycles. The van der Waals surface area contributed by atoms with E-state index in [1.807, 2.05) is 20.2 Å². The van der Waals surface area contributed by atoms with Crippen LogP contribution >= 0.6 is 0 Å². The second kappa shape index (κ2) is 4.67. The van der Waals surface area contributed by atoms with Crippen molar-refractivity contribution in [3.63, 3.8) is 0 Å². The van der Waals surface area contributed by atoms with Crippen molar-refractivity contribution in [3.05, 3.63) is 59.4 Å². The SMILES string of the molecule is Cc1ncc(O)c2c1-c1c(ccc3ccccc13)C[N+](C)=C2. The van der Waals surface area contributed by atoms with Gasteiger partial charge in [-0.15, -0.1) is 0 Å². The molecule has 0 atom stereocenters. The Hall–Kier alpha value is -2.68. The number of aromatic hydroxyl groups is 1. The largest absolute Gasteiger partial charge is 0.505 e. The highest BCUT2D eigenvalue weighted by Crippen LogP contribution is 2.39. The molecule has 1 aliphatic heterocycles. The summed E-state index contributed by atoms with van der Waals surface area (Å²) in [5, 5.41) is 12.7. The number of aryl methyl sites for hydroxylation is 1. The van der Waals surface area contributed by atoms with Crippen molar-refractivity contribution in [1.29, 1.82) is 0 Å². The Morgan fingerprint density at radius 3 is 2.77 bits per heavy atom. The molecule has 0 radical (unpaired) electrons. The first-order chi connectivity index (χ1) is 10.6. The molecular weight excluding hydrogens is 272 g/mol. The number of fused-ring (bicyclic) bond motifs is 5. The summed E-state index contributed by atoms with van der Waals surface area (Å²) in [5.41, 5.74) is 5.28. The molecule has 0 saturated heterocycles. The van der Waals surface area contributed by atoms with Crippen molar-refractivity contribution in [1.82, 2.24) is 4.98 Å². The summed E-state index contributed by atoms with van der Waals surface area (Å²) in [6.07, 6.45) is 3.54. The lowest BCUT2D eigenvalue weighted by atomic mass is 9.90. The zero-order valence-electron chi connectivity index (χ0n) is 12.7. The van der Waals surface area contributed by atoms with Crippen LogP contribution in [0.25, 0.3) is 21.9 Å². The Labute approximate surface area is 129 Å². The van der Waals surface area contributed by atoms with Crippen LogP contribution in [0, 0.1) is 6.92 Å². The van der Waals surface area contributed by atoms with E-state index in [0.717, 1.165) is 23.4 Å². The van der Waals surface area contributed by atoms with Crippen molar-refractivity contribution in [3.8, 4) is 16.9 Å². The lowest BCUT2D eigenvalue weighted by molar-refractivity contribution is -0.508. The smallest absolute Gasteiger partial charge is 0.175 e. The molecule has 1 N–H and O–H groups in total. The summed E-state index contributed by atoms with van der Waals surface area (Å²) < 4.78 is 2.11. The summed E-state index contributed by atoms with van der Waals surface area (Å²) in [6.45, 7) is 2.82. The third kappa shape index (κ3) is 1.82. The van der Waals surface area contributed by atoms with Crippen molar-refractivity contribution in [2.24, 2.45) is 0 Å². The first-order valence-corrected chi connectivity index (χ1v) is 7.40. The topological polar surface area (TPSA) is 36.1 Å². The van der Waals surface area contributed by atoms with Crippen LogP contribution < -0.4 is 0 Å². The Bertz CT molecular complexity index is 942. The van der Waals surface area contributed by atoms with Crippen LogP contribution in [0.5, 0.6) is 5.75 Å². The van der Waals surface area contributed by atoms with Crippen LogP contribution in [0.1, 0.15) is 16.8 Å². The molecule has 2 heterocycles. The fourth-order valence-corrected chi connectivity index (χ4v) is 3.34. The van der Waals surface area contributed by atoms with E-state index in [1.165, 1.54) is 28.1 Å². The van der Waals surface area contributed by atoms with Gasteiger partial charge in [0.2, 0.25) is 0 Å². The van der Waals surface area contributed by atoms with E-state index < -0.39 is 0 Å². The average Bonchev–Trinajstić information content (AvgIpc) is 2.67. The Kier molecular flexibility index (Phi) is 2.76. The first kappa shape index (κ1) is 13.0. The van der Waals surface area contributed by atoms with Gasteiger partial charge in [-0.3, -0.25) is 4.98 Å². The van der Waals surface area contributed by atoms with E-state index in [2.05, 4.69) is 46.0 Å². The minimum absolute atomic E-state index is 0.230. The van der Waals surface area contributed by atoms with E-state index in [4.69, 9.17) is 0 Å². The van der Waals surface area contributed by atoms with Gasteiger partial charge in [-0.05, 0) is 17.7 Å². The molecule has 22 heavy (non-hydrogen) atoms. The highest BCUT2D eigenvalue weighted by atomic mass is 16.3. The molecule has 1 aliphatic rings. The monoisotopic (exact) mass is 289 g/mol. The first-order valence-electron chi connectivity index (χ1n) is 7.40. The molecule has 2 aromatic carbocycles. The molecule has 0 bridgehead atoms. The predicted molar refractivity (Wildman–Crippen MR) is 88.6 cm³/mol. The lowest BCUT2D eigenvalue weighted by Gasteiger charge is -2.13. The van der Waals surface area contributed by atoms with E-state index >= 15 is 0 Å². The number of aromatic nitrogens is 1. The summed E-state index contributed by atoms with van der Waals surface area (Å²) in [7, 11) is 2.03. The number of nitrogens with zero attached hydrogens (tertiary/aromatic N) is 2. The average molecular weight is 289 g/mol. The molecule has 4 rings (SSSR count). The highest BCUT2D eigenvalue weighted by Gasteiger charge is 2.24. The molecule has 3 heteroatoms. The van der Waals surface area contributed by atoms with Crippen molar-refractivity contribution < 1.29 is 9.68 Å². The second-order valence-electron chi connectivity index (χ2n) is 5.88. The lowest BCUT2D eigenvalue weighted by Crippen LogP contribution is -2.05. The number of benzene rings is 2. The molecule has 0 amide bonds. The van der Waals surface area contributed by atoms with Gasteiger partial charge in [0, 0.05) is 22.4 Å². The molecule has 108 valence electrons. The minimum atomic E-state index is 0.230. The Morgan fingerprint density at radius 1 is 1.09 bits per heavy atom. The number of pyridine rings is 1. The van der Waals surface area contributed by atoms with Gasteiger partial charge in [-0.2, -0.15) is 0 Å². The molecule has 3 nitrogen and oxygen atoms in total. The Morgan fingerprint density at radius 2 is 1.91 bits per heavy atom. The Balaban J connectivity index is 2.22. The van der Waals surface area contributed by atoms with Crippen LogP contribution in [0.2, 0.25) is 0 Å². The third-order valence-corrected chi connectivity index (χ3v) is 4.32. The van der Waals surface area contributed by atoms with Gasteiger partial charge in [0.05, 0.1) is 11.8 Å². The summed E-state index contributed by atoms with van der Waals surface area (Å²) in [4.78, 5) is 4.38. The van der Waals surface area contributed by atoms with Gasteiger partial charge in [-0.1, -0.05) is 36.4 Å². The summed E-state index contributed by atoms with van der Waals surface area (Å²) in [5.74, 6) is 0.230. The molecule has 0 unspecified atom stereocenters. The molecule has 0 saturated carbocycles. The fourth-order valence-electron chi connectivity index (χ4n) is 3.34. The van der Waals surface area contributed by atoms with Crippen molar-refractivity contribution in [2.75, 3.05) is 7.05 Å². The van der Waals surface area contributed by atoms with E-state index in [-0.39, 0.29) is 5.75 Å². The second-order valence-corrected chi connectivity index (χ2v) is 5.88. The van der Waals surface area contributed by atoms with Crippen molar-refractivity contribution >= 4 is 17.0 Å². The number of rotatable bonds is 0. The maximum atomic E-state index is 10.3. The van der Waals surface area contributed by atoms with Crippen LogP contribution in [0.4, 0.5) is 0 Å². The quantitative estimate of drug-likeness (QED) is 0.643. The van der Waals surface area contributed by atoms with Crippen LogP contribution in [-0.2, 0) is 6.54 Å². The van der Waals surface area contributed by atoms with Crippen molar-refractivity contribution in [2.45, 2.75) is 13.5 Å². The molecule has 0 fully saturated rings. The van der Waals surface area contributed by atoms with E-state index in [0.29, 0.717) is 0 Å². The van der Waals surface area contributed by atoms with Crippen LogP contribution in [0.3, 0.4) is 0 Å². The highest BCUT2D eigenvalue weighted by molar-refractivity contribution is 6.04. The van der Waals surface area contributed by atoms with Gasteiger partial charge in [0.25, 0.3) is 0 Å². The molecule has 3 aromatic rings. The van der Waals surface area contributed by atoms with Crippen LogP contribution in [0.15, 0.2) is 42.6 Å². The third-order valence-electron chi connectivity index (χ3n) is 4.32. The van der Waals surface area contributed by atoms with Crippen LogP contribution in [-0.4, -0.2) is 27.9 Å². The summed E-state index contributed by atoms with van der Waals surface area (Å²) in [6, 6.07) is 12.7.